The van der Waals surface area contributed by atoms with E-state index in [1.54, 1.807) is 0 Å². The van der Waals surface area contributed by atoms with E-state index in [4.69, 9.17) is 5.73 Å². The first-order valence-electron chi connectivity index (χ1n) is 6.21. The maximum Gasteiger partial charge on any atom is 0.239 e. The summed E-state index contributed by atoms with van der Waals surface area (Å²) >= 11 is 1.41. The molecule has 0 unspecified atom stereocenters. The number of aromatic nitrogens is 2. The molecule has 0 saturated carbocycles. The van der Waals surface area contributed by atoms with Gasteiger partial charge >= 0.3 is 0 Å². The van der Waals surface area contributed by atoms with Crippen LogP contribution in [0.2, 0.25) is 0 Å². The van der Waals surface area contributed by atoms with Gasteiger partial charge in [-0.25, -0.2) is 4.98 Å². The first kappa shape index (κ1) is 13.2. The van der Waals surface area contributed by atoms with Crippen molar-refractivity contribution in [2.45, 2.75) is 26.3 Å². The van der Waals surface area contributed by atoms with Gasteiger partial charge in [-0.3, -0.25) is 4.79 Å². The number of rotatable bonds is 3. The summed E-state index contributed by atoms with van der Waals surface area (Å²) < 4.78 is 4.18. The number of amides is 1. The predicted octanol–water partition coefficient (Wildman–Crippen LogP) is 0.232. The fourth-order valence-electron chi connectivity index (χ4n) is 1.94. The molecule has 7 heteroatoms. The zero-order valence-corrected chi connectivity index (χ0v) is 11.6. The lowest BCUT2D eigenvalue weighted by Crippen LogP contribution is -2.53. The van der Waals surface area contributed by atoms with Crippen molar-refractivity contribution in [3.05, 3.63) is 5.82 Å². The third-order valence-corrected chi connectivity index (χ3v) is 4.00. The third-order valence-electron chi connectivity index (χ3n) is 3.14. The summed E-state index contributed by atoms with van der Waals surface area (Å²) in [6.07, 6.45) is 0.689. The highest BCUT2D eigenvalue weighted by molar-refractivity contribution is 7.09. The minimum atomic E-state index is -0.361. The molecule has 0 aromatic carbocycles. The molecule has 18 heavy (non-hydrogen) atoms. The summed E-state index contributed by atoms with van der Waals surface area (Å²) in [7, 11) is 0. The topological polar surface area (TPSA) is 75.4 Å². The molecule has 1 fully saturated rings. The van der Waals surface area contributed by atoms with Crippen molar-refractivity contribution in [1.82, 2.24) is 14.3 Å². The van der Waals surface area contributed by atoms with Crippen LogP contribution in [0.4, 0.5) is 5.13 Å². The Morgan fingerprint density at radius 2 is 2.11 bits per heavy atom. The van der Waals surface area contributed by atoms with Gasteiger partial charge in [0.15, 0.2) is 0 Å². The third kappa shape index (κ3) is 2.78. The summed E-state index contributed by atoms with van der Waals surface area (Å²) in [6, 6.07) is -0.361. The van der Waals surface area contributed by atoms with Crippen molar-refractivity contribution < 1.29 is 4.79 Å². The van der Waals surface area contributed by atoms with E-state index in [9.17, 15) is 4.79 Å². The number of carbonyl (C=O) groups is 1. The van der Waals surface area contributed by atoms with Crippen molar-refractivity contribution in [2.24, 2.45) is 5.73 Å². The highest BCUT2D eigenvalue weighted by Gasteiger charge is 2.25. The van der Waals surface area contributed by atoms with Gasteiger partial charge in [0.1, 0.15) is 5.82 Å². The Labute approximate surface area is 111 Å². The van der Waals surface area contributed by atoms with Gasteiger partial charge < -0.3 is 15.5 Å². The van der Waals surface area contributed by atoms with Crippen LogP contribution >= 0.6 is 11.5 Å². The fourth-order valence-corrected chi connectivity index (χ4v) is 2.67. The number of hydrogen-bond donors (Lipinski definition) is 1. The number of carbonyl (C=O) groups excluding carboxylic acids is 1. The lowest BCUT2D eigenvalue weighted by molar-refractivity contribution is -0.132. The van der Waals surface area contributed by atoms with Crippen LogP contribution in [0.15, 0.2) is 0 Å². The average molecular weight is 269 g/mol. The molecule has 1 aliphatic rings. The summed E-state index contributed by atoms with van der Waals surface area (Å²) in [5, 5.41) is 0.944. The number of piperazine rings is 1. The number of hydrogen-bond acceptors (Lipinski definition) is 6. The molecule has 1 aromatic rings. The second kappa shape index (κ2) is 5.62. The normalized spacial score (nSPS) is 17.9. The molecule has 2 rings (SSSR count). The lowest BCUT2D eigenvalue weighted by atomic mass is 10.2. The number of nitrogens with zero attached hydrogens (tertiary/aromatic N) is 4. The van der Waals surface area contributed by atoms with E-state index in [1.165, 1.54) is 11.5 Å². The van der Waals surface area contributed by atoms with Crippen LogP contribution in [0, 0.1) is 6.92 Å². The van der Waals surface area contributed by atoms with Gasteiger partial charge in [0.2, 0.25) is 11.0 Å². The van der Waals surface area contributed by atoms with E-state index >= 15 is 0 Å². The number of nitrogens with two attached hydrogens (primary N) is 1. The molecule has 1 atom stereocenters. The van der Waals surface area contributed by atoms with Gasteiger partial charge in [0.25, 0.3) is 0 Å². The van der Waals surface area contributed by atoms with E-state index in [0.717, 1.165) is 24.0 Å². The van der Waals surface area contributed by atoms with Crippen LogP contribution in [-0.4, -0.2) is 52.4 Å². The van der Waals surface area contributed by atoms with Gasteiger partial charge in [-0.2, -0.15) is 4.37 Å². The molecule has 0 spiro atoms. The Balaban J connectivity index is 1.90. The molecule has 0 aliphatic carbocycles. The number of anilines is 1. The minimum absolute atomic E-state index is 0.0607. The van der Waals surface area contributed by atoms with Crippen LogP contribution in [0.1, 0.15) is 19.2 Å². The molecule has 2 heterocycles. The second-order valence-corrected chi connectivity index (χ2v) is 5.18. The zero-order chi connectivity index (χ0) is 13.1. The van der Waals surface area contributed by atoms with Crippen molar-refractivity contribution in [3.8, 4) is 0 Å². The van der Waals surface area contributed by atoms with Gasteiger partial charge in [0, 0.05) is 37.7 Å². The van der Waals surface area contributed by atoms with Gasteiger partial charge in [-0.15, -0.1) is 0 Å². The molecule has 2 N–H and O–H groups in total. The van der Waals surface area contributed by atoms with Gasteiger partial charge in [-0.1, -0.05) is 6.92 Å². The van der Waals surface area contributed by atoms with Crippen molar-refractivity contribution in [3.63, 3.8) is 0 Å². The Morgan fingerprint density at radius 3 is 2.61 bits per heavy atom. The van der Waals surface area contributed by atoms with E-state index < -0.39 is 0 Å². The molecular weight excluding hydrogens is 250 g/mol. The molecular formula is C11H19N5OS. The summed E-state index contributed by atoms with van der Waals surface area (Å²) in [5.41, 5.74) is 5.77. The van der Waals surface area contributed by atoms with Crippen molar-refractivity contribution in [1.29, 1.82) is 0 Å². The molecule has 0 radical (unpaired) electrons. The SMILES string of the molecule is CC[C@H](N)C(=O)N1CCN(c2nc(C)ns2)CC1. The first-order chi connectivity index (χ1) is 8.61. The maximum absolute atomic E-state index is 11.9. The van der Waals surface area contributed by atoms with Gasteiger partial charge in [-0.05, 0) is 13.3 Å². The van der Waals surface area contributed by atoms with Crippen molar-refractivity contribution in [2.75, 3.05) is 31.1 Å². The summed E-state index contributed by atoms with van der Waals surface area (Å²) in [5.74, 6) is 0.868. The van der Waals surface area contributed by atoms with Gasteiger partial charge in [0.05, 0.1) is 6.04 Å². The molecule has 6 nitrogen and oxygen atoms in total. The number of aryl methyl sites for hydroxylation is 1. The standard InChI is InChI=1S/C11H19N5OS/c1-3-9(12)10(17)15-4-6-16(7-5-15)11-13-8(2)14-18-11/h9H,3-7,12H2,1-2H3/t9-/m0/s1. The van der Waals surface area contributed by atoms with E-state index in [0.29, 0.717) is 19.5 Å². The van der Waals surface area contributed by atoms with E-state index in [1.807, 2.05) is 18.7 Å². The molecule has 1 aromatic heterocycles. The highest BCUT2D eigenvalue weighted by atomic mass is 32.1. The van der Waals surface area contributed by atoms with E-state index in [-0.39, 0.29) is 11.9 Å². The van der Waals surface area contributed by atoms with Crippen LogP contribution in [0.5, 0.6) is 0 Å². The highest BCUT2D eigenvalue weighted by Crippen LogP contribution is 2.18. The smallest absolute Gasteiger partial charge is 0.239 e. The Kier molecular flexibility index (Phi) is 4.13. The molecule has 100 valence electrons. The fraction of sp³-hybridized carbons (Fsp3) is 0.727. The second-order valence-electron chi connectivity index (χ2n) is 4.45. The molecule has 1 aliphatic heterocycles. The summed E-state index contributed by atoms with van der Waals surface area (Å²) in [6.45, 7) is 6.85. The zero-order valence-electron chi connectivity index (χ0n) is 10.8. The minimum Gasteiger partial charge on any atom is -0.343 e. The average Bonchev–Trinajstić information content (AvgIpc) is 2.84. The molecule has 1 amide bonds. The van der Waals surface area contributed by atoms with Crippen LogP contribution in [-0.2, 0) is 4.79 Å². The van der Waals surface area contributed by atoms with Crippen LogP contribution < -0.4 is 10.6 Å². The Hall–Kier alpha value is -1.21. The molecule has 1 saturated heterocycles. The van der Waals surface area contributed by atoms with Crippen molar-refractivity contribution >= 4 is 22.6 Å². The maximum atomic E-state index is 11.9. The monoisotopic (exact) mass is 269 g/mol. The van der Waals surface area contributed by atoms with Crippen LogP contribution in [0.3, 0.4) is 0 Å². The quantitative estimate of drug-likeness (QED) is 0.850. The first-order valence-corrected chi connectivity index (χ1v) is 6.98. The summed E-state index contributed by atoms with van der Waals surface area (Å²) in [4.78, 5) is 20.3. The Bertz CT molecular complexity index is 413. The lowest BCUT2D eigenvalue weighted by Gasteiger charge is -2.35. The largest absolute Gasteiger partial charge is 0.343 e. The predicted molar refractivity (Wildman–Crippen MR) is 71.7 cm³/mol. The van der Waals surface area contributed by atoms with E-state index in [2.05, 4.69) is 14.3 Å². The van der Waals surface area contributed by atoms with Crippen LogP contribution in [0.25, 0.3) is 0 Å². The Morgan fingerprint density at radius 1 is 1.44 bits per heavy atom. The molecule has 0 bridgehead atoms.